The first-order valence-corrected chi connectivity index (χ1v) is 15.6. The van der Waals surface area contributed by atoms with E-state index in [1.165, 1.54) is 48.6 Å². The zero-order chi connectivity index (χ0) is 28.6. The molecule has 2 atom stereocenters. The number of aromatic carboxylic acids is 1. The van der Waals surface area contributed by atoms with Gasteiger partial charge in [0.15, 0.2) is 0 Å². The van der Waals surface area contributed by atoms with Gasteiger partial charge in [-0.15, -0.1) is 0 Å². The molecule has 5 rings (SSSR count). The lowest BCUT2D eigenvalue weighted by Gasteiger charge is -2.40. The molecule has 0 unspecified atom stereocenters. The molecule has 1 saturated heterocycles. The van der Waals surface area contributed by atoms with Crippen LogP contribution in [0.2, 0.25) is 0 Å². The Labute approximate surface area is 244 Å². The van der Waals surface area contributed by atoms with Crippen LogP contribution in [0.15, 0.2) is 36.5 Å². The Bertz CT molecular complexity index is 1300. The summed E-state index contributed by atoms with van der Waals surface area (Å²) in [6.45, 7) is 7.79. The van der Waals surface area contributed by atoms with Crippen LogP contribution in [0.25, 0.3) is 10.9 Å². The highest BCUT2D eigenvalue weighted by Gasteiger charge is 2.33. The highest BCUT2D eigenvalue weighted by atomic mass is 16.5. The van der Waals surface area contributed by atoms with Crippen LogP contribution in [0.4, 0.5) is 0 Å². The second-order valence-electron chi connectivity index (χ2n) is 11.6. The minimum Gasteiger partial charge on any atom is -0.493 e. The predicted molar refractivity (Wildman–Crippen MR) is 162 cm³/mol. The van der Waals surface area contributed by atoms with E-state index in [-0.39, 0.29) is 17.7 Å². The molecule has 1 fully saturated rings. The second kappa shape index (κ2) is 14.2. The number of carboxylic acid groups (broad SMARTS) is 1. The maximum absolute atomic E-state index is 11.9. The topological polar surface area (TPSA) is 84.0 Å². The van der Waals surface area contributed by atoms with Crippen LogP contribution in [0.5, 0.6) is 11.5 Å². The van der Waals surface area contributed by atoms with Crippen molar-refractivity contribution in [2.75, 3.05) is 26.4 Å². The number of aryl methyl sites for hydroxylation is 1. The quantitative estimate of drug-likeness (QED) is 0.339. The van der Waals surface area contributed by atoms with E-state index in [1.807, 2.05) is 19.2 Å². The largest absolute Gasteiger partial charge is 0.493 e. The van der Waals surface area contributed by atoms with E-state index in [0.717, 1.165) is 68.6 Å². The lowest BCUT2D eigenvalue weighted by atomic mass is 9.91. The van der Waals surface area contributed by atoms with Crippen LogP contribution in [-0.4, -0.2) is 53.4 Å². The van der Waals surface area contributed by atoms with Gasteiger partial charge in [-0.2, -0.15) is 0 Å². The lowest BCUT2D eigenvalue weighted by molar-refractivity contribution is -0.0144. The number of rotatable bonds is 3. The van der Waals surface area contributed by atoms with Crippen LogP contribution >= 0.6 is 0 Å². The van der Waals surface area contributed by atoms with E-state index >= 15 is 0 Å². The maximum atomic E-state index is 11.9. The maximum Gasteiger partial charge on any atom is 0.335 e. The molecular formula is C34H46N2O5. The fraction of sp³-hybridized carbons (Fsp3) is 0.559. The smallest absolute Gasteiger partial charge is 0.335 e. The fourth-order valence-electron chi connectivity index (χ4n) is 6.51. The Balaban J connectivity index is 1.54. The number of aromatic amines is 1. The number of piperidine rings is 1. The predicted octanol–water partition coefficient (Wildman–Crippen LogP) is 7.81. The van der Waals surface area contributed by atoms with E-state index in [9.17, 15) is 9.90 Å². The number of carbonyl (C=O) groups is 1. The van der Waals surface area contributed by atoms with Gasteiger partial charge in [0.25, 0.3) is 0 Å². The molecular weight excluding hydrogens is 516 g/mol. The summed E-state index contributed by atoms with van der Waals surface area (Å²) in [6.07, 6.45) is 13.2. The number of nitrogens with zero attached hydrogens (tertiary/aromatic N) is 1. The number of H-pyrrole nitrogens is 1. The Kier molecular flexibility index (Phi) is 10.2. The summed E-state index contributed by atoms with van der Waals surface area (Å²) < 4.78 is 19.0. The van der Waals surface area contributed by atoms with E-state index in [1.54, 1.807) is 12.1 Å². The van der Waals surface area contributed by atoms with Crippen LogP contribution in [0.1, 0.15) is 104 Å². The minimum atomic E-state index is -0.934. The van der Waals surface area contributed by atoms with Crippen LogP contribution < -0.4 is 9.47 Å². The molecule has 222 valence electrons. The fourth-order valence-corrected chi connectivity index (χ4v) is 6.51. The number of carboxylic acids is 1. The molecule has 1 aromatic heterocycles. The molecule has 7 nitrogen and oxygen atoms in total. The molecule has 3 heterocycles. The van der Waals surface area contributed by atoms with Crippen molar-refractivity contribution in [3.05, 3.63) is 58.8 Å². The number of ether oxygens (including phenoxy) is 3. The van der Waals surface area contributed by atoms with Crippen LogP contribution in [0, 0.1) is 6.92 Å². The first-order chi connectivity index (χ1) is 20.0. The Hall–Kier alpha value is -3.03. The van der Waals surface area contributed by atoms with Gasteiger partial charge in [-0.25, -0.2) is 4.79 Å². The number of nitrogens with one attached hydrogen (secondary N) is 1. The van der Waals surface area contributed by atoms with Gasteiger partial charge in [0, 0.05) is 54.0 Å². The molecule has 7 heteroatoms. The van der Waals surface area contributed by atoms with Crippen LogP contribution in [-0.2, 0) is 11.3 Å². The van der Waals surface area contributed by atoms with Gasteiger partial charge >= 0.3 is 5.97 Å². The first-order valence-electron chi connectivity index (χ1n) is 15.6. The summed E-state index contributed by atoms with van der Waals surface area (Å²) >= 11 is 0. The number of benzene rings is 2. The van der Waals surface area contributed by atoms with Crippen molar-refractivity contribution in [1.82, 2.24) is 9.88 Å². The molecule has 0 saturated carbocycles. The number of hydrogen-bond acceptors (Lipinski definition) is 5. The molecule has 2 aromatic carbocycles. The monoisotopic (exact) mass is 562 g/mol. The summed E-state index contributed by atoms with van der Waals surface area (Å²) in [5.74, 6) is 0.717. The summed E-state index contributed by atoms with van der Waals surface area (Å²) in [5.41, 5.74) is 4.84. The van der Waals surface area contributed by atoms with Gasteiger partial charge in [0.05, 0.1) is 24.9 Å². The van der Waals surface area contributed by atoms with Crippen molar-refractivity contribution in [3.63, 3.8) is 0 Å². The third-order valence-electron chi connectivity index (χ3n) is 8.71. The summed E-state index contributed by atoms with van der Waals surface area (Å²) in [4.78, 5) is 17.8. The highest BCUT2D eigenvalue weighted by Crippen LogP contribution is 2.41. The SMILES string of the molecule is CCO[C@H]1CCN2Cc3c(cc(C)c4[nH]ccc34)OCCCCCCCCCCOc3cc(C(=O)O)ccc3[C@@H]2C1. The van der Waals surface area contributed by atoms with Crippen molar-refractivity contribution in [1.29, 1.82) is 0 Å². The van der Waals surface area contributed by atoms with E-state index in [4.69, 9.17) is 14.2 Å². The molecule has 41 heavy (non-hydrogen) atoms. The molecule has 2 N–H and O–H groups in total. The third-order valence-corrected chi connectivity index (χ3v) is 8.71. The lowest BCUT2D eigenvalue weighted by Crippen LogP contribution is -2.39. The molecule has 0 amide bonds. The Morgan fingerprint density at radius 1 is 1.00 bits per heavy atom. The van der Waals surface area contributed by atoms with Gasteiger partial charge in [-0.05, 0) is 69.4 Å². The molecule has 2 aliphatic heterocycles. The van der Waals surface area contributed by atoms with Gasteiger partial charge in [0.2, 0.25) is 0 Å². The first kappa shape index (κ1) is 29.5. The molecule has 0 spiro atoms. The average Bonchev–Trinajstić information content (AvgIpc) is 3.46. The zero-order valence-electron chi connectivity index (χ0n) is 24.8. The van der Waals surface area contributed by atoms with Gasteiger partial charge in [0.1, 0.15) is 11.5 Å². The Morgan fingerprint density at radius 2 is 1.71 bits per heavy atom. The number of hydrogen-bond donors (Lipinski definition) is 2. The van der Waals surface area contributed by atoms with Crippen molar-refractivity contribution in [2.24, 2.45) is 0 Å². The van der Waals surface area contributed by atoms with E-state index in [2.05, 4.69) is 28.9 Å². The summed E-state index contributed by atoms with van der Waals surface area (Å²) in [5, 5.41) is 11.0. The van der Waals surface area contributed by atoms with Gasteiger partial charge in [-0.3, -0.25) is 4.90 Å². The third kappa shape index (κ3) is 7.25. The summed E-state index contributed by atoms with van der Waals surface area (Å²) in [7, 11) is 0. The molecule has 2 aliphatic rings. The van der Waals surface area contributed by atoms with Gasteiger partial charge < -0.3 is 24.3 Å². The average molecular weight is 563 g/mol. The second-order valence-corrected chi connectivity index (χ2v) is 11.6. The standard InChI is InChI=1S/C34H46N2O5/c1-3-39-26-15-17-36-23-29-27-14-16-35-33(27)24(2)20-31(29)40-18-10-8-6-4-5-7-9-11-19-41-32-21-25(34(37)38)12-13-28(32)30(36)22-26/h12-14,16,20-21,26,30,35H,3-11,15,17-19,22-23H2,1-2H3,(H,37,38)/t26-,30-/m0/s1. The molecule has 0 bridgehead atoms. The zero-order valence-corrected chi connectivity index (χ0v) is 24.8. The van der Waals surface area contributed by atoms with E-state index in [0.29, 0.717) is 19.0 Å². The normalized spacial score (nSPS) is 21.7. The Morgan fingerprint density at radius 3 is 2.41 bits per heavy atom. The molecule has 3 aromatic rings. The number of fused-ring (bicyclic) bond motifs is 6. The van der Waals surface area contributed by atoms with Crippen molar-refractivity contribution in [3.8, 4) is 11.5 Å². The van der Waals surface area contributed by atoms with Crippen molar-refractivity contribution >= 4 is 16.9 Å². The summed E-state index contributed by atoms with van der Waals surface area (Å²) in [6, 6.07) is 9.78. The highest BCUT2D eigenvalue weighted by molar-refractivity contribution is 5.89. The molecule has 0 radical (unpaired) electrons. The molecule has 0 aliphatic carbocycles. The van der Waals surface area contributed by atoms with Gasteiger partial charge in [-0.1, -0.05) is 44.6 Å². The minimum absolute atomic E-state index is 0.0309. The van der Waals surface area contributed by atoms with Crippen molar-refractivity contribution < 1.29 is 24.1 Å². The number of aromatic nitrogens is 1. The van der Waals surface area contributed by atoms with Crippen LogP contribution in [0.3, 0.4) is 0 Å². The van der Waals surface area contributed by atoms with E-state index < -0.39 is 5.97 Å². The van der Waals surface area contributed by atoms with Crippen molar-refractivity contribution in [2.45, 2.75) is 96.7 Å².